The van der Waals surface area contributed by atoms with Crippen LogP contribution in [-0.4, -0.2) is 23.5 Å². The molecule has 0 radical (unpaired) electrons. The molecule has 0 bridgehead atoms. The van der Waals surface area contributed by atoms with Gasteiger partial charge in [-0.25, -0.2) is 0 Å². The van der Waals surface area contributed by atoms with E-state index in [9.17, 15) is 9.59 Å². The molecule has 1 atom stereocenters. The van der Waals surface area contributed by atoms with Crippen molar-refractivity contribution in [3.05, 3.63) is 34.2 Å². The fourth-order valence-corrected chi connectivity index (χ4v) is 1.28. The van der Waals surface area contributed by atoms with E-state index in [1.54, 1.807) is 0 Å². The molecule has 1 heterocycles. The number of hydrogen-bond acceptors (Lipinski definition) is 3. The zero-order valence-corrected chi connectivity index (χ0v) is 9.32. The molecule has 5 heteroatoms. The molecule has 5 nitrogen and oxygen atoms in total. The van der Waals surface area contributed by atoms with Gasteiger partial charge in [-0.2, -0.15) is 0 Å². The van der Waals surface area contributed by atoms with Gasteiger partial charge in [-0.3, -0.25) is 9.59 Å². The summed E-state index contributed by atoms with van der Waals surface area (Å²) in [5.74, 6) is -0.180. The van der Waals surface area contributed by atoms with Gasteiger partial charge in [-0.1, -0.05) is 0 Å². The predicted molar refractivity (Wildman–Crippen MR) is 62.3 cm³/mol. The molecule has 4 N–H and O–H groups in total. The summed E-state index contributed by atoms with van der Waals surface area (Å²) >= 11 is 0. The topological polar surface area (TPSA) is 88.0 Å². The second kappa shape index (κ2) is 6.07. The molecule has 16 heavy (non-hydrogen) atoms. The van der Waals surface area contributed by atoms with Crippen LogP contribution in [0.2, 0.25) is 0 Å². The third-order valence-corrected chi connectivity index (χ3v) is 2.17. The average molecular weight is 223 g/mol. The second-order valence-electron chi connectivity index (χ2n) is 3.82. The molecule has 0 spiro atoms. The molecule has 0 fully saturated rings. The summed E-state index contributed by atoms with van der Waals surface area (Å²) in [5, 5.41) is 2.76. The highest BCUT2D eigenvalue weighted by atomic mass is 16.1. The molecule has 1 aromatic heterocycles. The number of H-pyrrole nitrogens is 1. The lowest BCUT2D eigenvalue weighted by molar-refractivity contribution is 0.0952. The molecule has 0 aliphatic carbocycles. The Morgan fingerprint density at radius 3 is 2.88 bits per heavy atom. The van der Waals surface area contributed by atoms with Crippen molar-refractivity contribution in [3.63, 3.8) is 0 Å². The van der Waals surface area contributed by atoms with Crippen molar-refractivity contribution < 1.29 is 4.79 Å². The number of carbonyl (C=O) groups excluding carboxylic acids is 1. The predicted octanol–water partition coefficient (Wildman–Crippen LogP) is 0.232. The lowest BCUT2D eigenvalue weighted by atomic mass is 10.2. The number of carbonyl (C=O) groups is 1. The number of amides is 1. The Hall–Kier alpha value is -1.62. The summed E-state index contributed by atoms with van der Waals surface area (Å²) in [6.07, 6.45) is 3.14. The monoisotopic (exact) mass is 223 g/mol. The van der Waals surface area contributed by atoms with Gasteiger partial charge < -0.3 is 16.0 Å². The number of nitrogens with two attached hydrogens (primary N) is 1. The zero-order valence-electron chi connectivity index (χ0n) is 9.32. The first-order valence-electron chi connectivity index (χ1n) is 5.32. The van der Waals surface area contributed by atoms with Crippen LogP contribution in [0.5, 0.6) is 0 Å². The standard InChI is InChI=1S/C11H17N3O2/c1-8(12)3-2-6-13-11(16)9-4-5-10(15)14-7-9/h4-5,7-8H,2-3,6,12H2,1H3,(H,13,16)(H,14,15). The van der Waals surface area contributed by atoms with E-state index in [1.165, 1.54) is 18.3 Å². The molecule has 88 valence electrons. The Morgan fingerprint density at radius 2 is 2.31 bits per heavy atom. The molecular weight excluding hydrogens is 206 g/mol. The van der Waals surface area contributed by atoms with Crippen LogP contribution in [0.4, 0.5) is 0 Å². The average Bonchev–Trinajstić information content (AvgIpc) is 2.25. The maximum absolute atomic E-state index is 11.5. The van der Waals surface area contributed by atoms with Gasteiger partial charge >= 0.3 is 0 Å². The number of hydrogen-bond donors (Lipinski definition) is 3. The lowest BCUT2D eigenvalue weighted by Gasteiger charge is -2.06. The largest absolute Gasteiger partial charge is 0.352 e. The maximum Gasteiger partial charge on any atom is 0.252 e. The molecule has 0 aliphatic rings. The molecule has 0 aliphatic heterocycles. The summed E-state index contributed by atoms with van der Waals surface area (Å²) in [7, 11) is 0. The van der Waals surface area contributed by atoms with E-state index >= 15 is 0 Å². The number of aromatic amines is 1. The van der Waals surface area contributed by atoms with Gasteiger partial charge in [-0.15, -0.1) is 0 Å². The van der Waals surface area contributed by atoms with E-state index in [0.717, 1.165) is 12.8 Å². The second-order valence-corrected chi connectivity index (χ2v) is 3.82. The molecule has 1 amide bonds. The molecule has 0 saturated carbocycles. The number of aromatic nitrogens is 1. The maximum atomic E-state index is 11.5. The summed E-state index contributed by atoms with van der Waals surface area (Å²) in [5.41, 5.74) is 5.83. The summed E-state index contributed by atoms with van der Waals surface area (Å²) in [6.45, 7) is 2.53. The lowest BCUT2D eigenvalue weighted by Crippen LogP contribution is -2.26. The SMILES string of the molecule is CC(N)CCCNC(=O)c1ccc(=O)[nH]c1. The zero-order chi connectivity index (χ0) is 12.0. The highest BCUT2D eigenvalue weighted by Gasteiger charge is 2.04. The highest BCUT2D eigenvalue weighted by Crippen LogP contribution is 1.95. The Morgan fingerprint density at radius 1 is 1.56 bits per heavy atom. The summed E-state index contributed by atoms with van der Waals surface area (Å²) in [4.78, 5) is 24.8. The number of nitrogens with one attached hydrogen (secondary N) is 2. The fraction of sp³-hybridized carbons (Fsp3) is 0.455. The Kier molecular flexibility index (Phi) is 4.72. The van der Waals surface area contributed by atoms with Crippen LogP contribution in [0, 0.1) is 0 Å². The first-order chi connectivity index (χ1) is 7.59. The van der Waals surface area contributed by atoms with Gasteiger partial charge in [0.15, 0.2) is 0 Å². The third kappa shape index (κ3) is 4.27. The van der Waals surface area contributed by atoms with Crippen LogP contribution < -0.4 is 16.6 Å². The van der Waals surface area contributed by atoms with Crippen molar-refractivity contribution in [2.75, 3.05) is 6.54 Å². The Balaban J connectivity index is 2.35. The normalized spacial score (nSPS) is 12.1. The van der Waals surface area contributed by atoms with Crippen molar-refractivity contribution in [3.8, 4) is 0 Å². The van der Waals surface area contributed by atoms with E-state index in [4.69, 9.17) is 5.73 Å². The van der Waals surface area contributed by atoms with Crippen molar-refractivity contribution in [1.82, 2.24) is 10.3 Å². The van der Waals surface area contributed by atoms with Crippen molar-refractivity contribution >= 4 is 5.91 Å². The number of pyridine rings is 1. The van der Waals surface area contributed by atoms with Gasteiger partial charge in [0.2, 0.25) is 5.56 Å². The highest BCUT2D eigenvalue weighted by molar-refractivity contribution is 5.93. The Labute approximate surface area is 94.1 Å². The van der Waals surface area contributed by atoms with Crippen LogP contribution in [0.25, 0.3) is 0 Å². The molecule has 1 aromatic rings. The van der Waals surface area contributed by atoms with Crippen LogP contribution in [0.15, 0.2) is 23.1 Å². The van der Waals surface area contributed by atoms with Gasteiger partial charge in [0.1, 0.15) is 0 Å². The minimum atomic E-state index is -0.214. The minimum Gasteiger partial charge on any atom is -0.352 e. The van der Waals surface area contributed by atoms with Gasteiger partial charge in [0.25, 0.3) is 5.91 Å². The van der Waals surface area contributed by atoms with Crippen molar-refractivity contribution in [2.24, 2.45) is 5.73 Å². The van der Waals surface area contributed by atoms with Gasteiger partial charge in [0.05, 0.1) is 5.56 Å². The molecule has 1 rings (SSSR count). The minimum absolute atomic E-state index is 0.157. The first-order valence-corrected chi connectivity index (χ1v) is 5.32. The molecule has 0 aromatic carbocycles. The fourth-order valence-electron chi connectivity index (χ4n) is 1.28. The van der Waals surface area contributed by atoms with Crippen LogP contribution >= 0.6 is 0 Å². The summed E-state index contributed by atoms with van der Waals surface area (Å²) < 4.78 is 0. The molecule has 1 unspecified atom stereocenters. The smallest absolute Gasteiger partial charge is 0.252 e. The molecule has 0 saturated heterocycles. The first kappa shape index (κ1) is 12.4. The number of rotatable bonds is 5. The van der Waals surface area contributed by atoms with Crippen molar-refractivity contribution in [2.45, 2.75) is 25.8 Å². The van der Waals surface area contributed by atoms with E-state index < -0.39 is 0 Å². The van der Waals surface area contributed by atoms with Gasteiger partial charge in [0, 0.05) is 24.8 Å². The van der Waals surface area contributed by atoms with E-state index in [0.29, 0.717) is 12.1 Å². The van der Waals surface area contributed by atoms with E-state index in [-0.39, 0.29) is 17.5 Å². The summed E-state index contributed by atoms with van der Waals surface area (Å²) in [6, 6.07) is 2.99. The van der Waals surface area contributed by atoms with Gasteiger partial charge in [-0.05, 0) is 25.8 Å². The van der Waals surface area contributed by atoms with E-state index in [1.807, 2.05) is 6.92 Å². The van der Waals surface area contributed by atoms with E-state index in [2.05, 4.69) is 10.3 Å². The van der Waals surface area contributed by atoms with Crippen molar-refractivity contribution in [1.29, 1.82) is 0 Å². The quantitative estimate of drug-likeness (QED) is 0.624. The van der Waals surface area contributed by atoms with Crippen LogP contribution in [-0.2, 0) is 0 Å². The van der Waals surface area contributed by atoms with Crippen LogP contribution in [0.3, 0.4) is 0 Å². The van der Waals surface area contributed by atoms with Crippen LogP contribution in [0.1, 0.15) is 30.1 Å². The third-order valence-electron chi connectivity index (χ3n) is 2.17. The Bertz CT molecular complexity index is 378. The molecular formula is C11H17N3O2.